The number of halogens is 6. The SMILES string of the molecule is C=C(Cl)C#N.CC1(C)Cc2cc3n(c2C1)CCN(c1nccc(Cl)c1C=O)C3=O.Cl.Cn1cc(-c2ccnc(N3CCn4c(cc5c4CC(C)(C)C5)C3=O)c2C=O)cc(Nc2ccnc(C3CC3)c2)c1=O.Cn1cc(B2OC(C)(C)C(C)(C)O2)cc(Nc2ccnc(C3CC3)n2)c1=O.Cn1cc(Br)cc(Br)c1=O.Cn1cc(Br)cc(Nc2ccnc(C3CC3)n2)c1=O.N=C(N)C1CC1.Nc1ccnc(C2CC2)n1. The molecule has 5 saturated carbocycles. The summed E-state index contributed by atoms with van der Waals surface area (Å²) in [5, 5.41) is 24.3. The van der Waals surface area contributed by atoms with Crippen LogP contribution in [0.5, 0.6) is 0 Å². The second kappa shape index (κ2) is 44.4. The first kappa shape index (κ1) is 106. The maximum Gasteiger partial charge on any atom is 0.496 e. The van der Waals surface area contributed by atoms with Gasteiger partial charge in [0.25, 0.3) is 34.1 Å². The van der Waals surface area contributed by atoms with Gasteiger partial charge in [-0.3, -0.25) is 58.5 Å². The molecule has 0 radical (unpaired) electrons. The fourth-order valence-electron chi connectivity index (χ4n) is 17.2. The zero-order valence-corrected chi connectivity index (χ0v) is 88.5. The van der Waals surface area contributed by atoms with Crippen LogP contribution in [-0.4, -0.2) is 134 Å². The van der Waals surface area contributed by atoms with Crippen molar-refractivity contribution >= 4 is 178 Å². The quantitative estimate of drug-likeness (QED) is 0.0162. The van der Waals surface area contributed by atoms with Crippen molar-refractivity contribution in [2.24, 2.45) is 50.7 Å². The molecule has 3 aliphatic heterocycles. The minimum absolute atomic E-state index is 0. The van der Waals surface area contributed by atoms with Crippen molar-refractivity contribution in [1.82, 2.24) is 72.3 Å². The van der Waals surface area contributed by atoms with E-state index in [4.69, 9.17) is 54.6 Å². The van der Waals surface area contributed by atoms with Gasteiger partial charge in [-0.15, -0.1) is 12.4 Å². The van der Waals surface area contributed by atoms with E-state index in [1.807, 2.05) is 52.0 Å². The largest absolute Gasteiger partial charge is 0.496 e. The zero-order chi connectivity index (χ0) is 102. The number of allylic oxidation sites excluding steroid dienone is 1. The molecule has 10 aliphatic rings. The number of amides is 2. The summed E-state index contributed by atoms with van der Waals surface area (Å²) < 4.78 is 24.9. The van der Waals surface area contributed by atoms with Crippen LogP contribution in [0.15, 0.2) is 185 Å². The number of carbonyl (C=O) groups excluding carboxylic acids is 4. The van der Waals surface area contributed by atoms with Crippen LogP contribution >= 0.6 is 83.4 Å². The van der Waals surface area contributed by atoms with Crippen molar-refractivity contribution in [2.45, 2.75) is 193 Å². The highest BCUT2D eigenvalue weighted by molar-refractivity contribution is 9.11. The minimum Gasteiger partial charge on any atom is -0.399 e. The normalized spacial score (nSPS) is 16.9. The summed E-state index contributed by atoms with van der Waals surface area (Å²) >= 11 is 20.7. The van der Waals surface area contributed by atoms with Gasteiger partial charge in [-0.25, -0.2) is 39.9 Å². The highest BCUT2D eigenvalue weighted by Crippen LogP contribution is 2.46. The molecule has 6 fully saturated rings. The number of nitrogens with zero attached hydrogens (tertiary/aromatic N) is 18. The summed E-state index contributed by atoms with van der Waals surface area (Å²) in [4.78, 5) is 141. The maximum atomic E-state index is 13.7. The molecule has 0 atom stereocenters. The van der Waals surface area contributed by atoms with Crippen LogP contribution in [0.4, 0.5) is 51.8 Å². The molecule has 143 heavy (non-hydrogen) atoms. The number of aldehydes is 2. The first-order valence-electron chi connectivity index (χ1n) is 46.8. The number of nitrogens with one attached hydrogen (secondary N) is 4. The van der Waals surface area contributed by atoms with Gasteiger partial charge in [0.2, 0.25) is 0 Å². The number of nitriles is 1. The highest BCUT2D eigenvalue weighted by Gasteiger charge is 2.52. The molecule has 34 nitrogen and oxygen atoms in total. The Morgan fingerprint density at radius 1 is 0.531 bits per heavy atom. The summed E-state index contributed by atoms with van der Waals surface area (Å²) in [5.74, 6) is 7.74. The molecule has 41 heteroatoms. The lowest BCUT2D eigenvalue weighted by Crippen LogP contribution is -2.41. The molecule has 15 heterocycles. The van der Waals surface area contributed by atoms with E-state index in [9.17, 15) is 38.4 Å². The Kier molecular flexibility index (Phi) is 33.0. The van der Waals surface area contributed by atoms with Crippen molar-refractivity contribution in [3.63, 3.8) is 0 Å². The third-order valence-electron chi connectivity index (χ3n) is 26.0. The molecule has 2 amide bonds. The standard InChI is InChI=1S/C32H32N6O3.C19H25BN4O3.C18H18ClN3O2.C13H13BrN4O.C7H9N3.C6H5Br2NO.C4H8N2.C3H2ClN.ClH/c1-32(2)15-20-13-27-31(41)38(11-10-37(27)28(20)16-32)29-24(18-39)23(7-9-34-29)21-12-26(30(40)36(3)17-21)35-22-6-8-33-25(14-22)19-4-5-19;1-18(2)19(3,4)27-20(26-18)13-10-14(17(25)24(5)11-13)22-15-8-9-21-16(23-15)12-6-7-12;1-18(2)8-11-7-14-17(24)22(6-5-21(14)15(11)9-18)16-12(10-23)13(19)3-4-20-16;1-18-7-9(14)6-10(13(18)19)16-11-4-5-15-12(17-11)8-2-3-8;8-6-3-4-9-7(10-6)5-1-2-5;1-9-3-4(7)2-5(8)6(9)10;5-4(6)3-1-2-3;1-3(4)2-5;/h6-9,12-14,17-19H,4-5,10-11,15-16H2,1-3H3,(H,33,35);8-12H,6-7H2,1-5H3,(H,21,22,23);3-4,7,10H,5-6,8-9H2,1-2H3;4-8H,2-3H2,1H3,(H,15,16,17);3-5H,1-2H2,(H2,8,9,10);2-3H,1H3;3H,1-2H2,(H3,5,6);1H2;1H. The highest BCUT2D eigenvalue weighted by atomic mass is 79.9. The number of amidine groups is 1. The Hall–Kier alpha value is -12.5. The summed E-state index contributed by atoms with van der Waals surface area (Å²) in [6.07, 6.45) is 33.9. The average molecular weight is 2190 g/mol. The minimum atomic E-state index is -0.533. The molecular weight excluding hydrogens is 2080 g/mol. The van der Waals surface area contributed by atoms with Crippen molar-refractivity contribution in [2.75, 3.05) is 44.6 Å². The van der Waals surface area contributed by atoms with E-state index < -0.39 is 18.3 Å². The zero-order valence-electron chi connectivity index (χ0n) is 81.4. The number of carbonyl (C=O) groups is 4. The summed E-state index contributed by atoms with van der Waals surface area (Å²) in [6, 6.07) is 25.0. The smallest absolute Gasteiger partial charge is 0.399 e. The molecule has 7 aliphatic carbocycles. The lowest BCUT2D eigenvalue weighted by Gasteiger charge is -2.32. The van der Waals surface area contributed by atoms with Gasteiger partial charge >= 0.3 is 7.12 Å². The molecule has 0 aromatic carbocycles. The average Bonchev–Trinajstić information content (AvgIpc) is 1.59. The van der Waals surface area contributed by atoms with E-state index in [1.165, 1.54) is 59.8 Å². The number of hydrogen-bond donors (Lipinski definition) is 6. The molecule has 8 N–H and O–H groups in total. The fraction of sp³-hybridized carbons (Fsp3) is 0.382. The van der Waals surface area contributed by atoms with Crippen LogP contribution in [0.25, 0.3) is 11.1 Å². The molecular formula is C102H113BBr3Cl3N24O10. The van der Waals surface area contributed by atoms with Crippen LogP contribution in [0.2, 0.25) is 5.02 Å². The van der Waals surface area contributed by atoms with Crippen LogP contribution in [0.3, 0.4) is 0 Å². The van der Waals surface area contributed by atoms with Crippen LogP contribution < -0.4 is 64.9 Å². The number of aromatic nitrogens is 15. The van der Waals surface area contributed by atoms with E-state index >= 15 is 0 Å². The number of fused-ring (bicyclic) bond motifs is 6. The molecule has 12 aromatic heterocycles. The second-order valence-electron chi connectivity index (χ2n) is 39.4. The first-order chi connectivity index (χ1) is 67.5. The monoisotopic (exact) mass is 2190 g/mol. The third-order valence-corrected chi connectivity index (χ3v) is 27.8. The second-order valence-corrected chi connectivity index (χ2v) is 43.0. The lowest BCUT2D eigenvalue weighted by molar-refractivity contribution is 0.00578. The summed E-state index contributed by atoms with van der Waals surface area (Å²) in [7, 11) is 6.30. The van der Waals surface area contributed by atoms with Crippen molar-refractivity contribution in [3.05, 3.63) is 280 Å². The number of pyridine rings is 7. The Morgan fingerprint density at radius 3 is 1.43 bits per heavy atom. The number of rotatable bonds is 17. The first-order valence-corrected chi connectivity index (χ1v) is 50.0. The van der Waals surface area contributed by atoms with E-state index in [0.29, 0.717) is 152 Å². The van der Waals surface area contributed by atoms with Gasteiger partial charge in [0.1, 0.15) is 86.1 Å². The summed E-state index contributed by atoms with van der Waals surface area (Å²) in [6.45, 7) is 22.4. The molecule has 1 saturated heterocycles. The molecule has 0 spiro atoms. The number of hydrogen-bond acceptors (Lipinski definition) is 25. The van der Waals surface area contributed by atoms with Gasteiger partial charge < -0.3 is 64.1 Å². The Labute approximate surface area is 869 Å². The van der Waals surface area contributed by atoms with Crippen molar-refractivity contribution < 1.29 is 28.5 Å². The van der Waals surface area contributed by atoms with Crippen LogP contribution in [-0.2, 0) is 76.3 Å². The molecule has 0 unspecified atom stereocenters. The molecule has 0 bridgehead atoms. The van der Waals surface area contributed by atoms with Gasteiger partial charge in [0.05, 0.1) is 37.7 Å². The van der Waals surface area contributed by atoms with E-state index in [1.54, 1.807) is 154 Å². The van der Waals surface area contributed by atoms with Crippen LogP contribution in [0, 0.1) is 33.5 Å². The Balaban J connectivity index is 0.000000140. The fourth-order valence-corrected chi connectivity index (χ4v) is 19.2. The topological polar surface area (TPSA) is 443 Å². The number of nitrogens with two attached hydrogens (primary N) is 2. The van der Waals surface area contributed by atoms with Gasteiger partial charge in [0.15, 0.2) is 12.6 Å². The van der Waals surface area contributed by atoms with E-state index in [-0.39, 0.29) is 67.9 Å². The van der Waals surface area contributed by atoms with Gasteiger partial charge in [-0.2, -0.15) is 5.26 Å². The van der Waals surface area contributed by atoms with Gasteiger partial charge in [0, 0.05) is 189 Å². The third kappa shape index (κ3) is 25.8. The number of aryl methyl sites for hydroxylation is 4. The lowest BCUT2D eigenvalue weighted by atomic mass is 9.80. The predicted molar refractivity (Wildman–Crippen MR) is 568 cm³/mol. The summed E-state index contributed by atoms with van der Waals surface area (Å²) in [5.41, 5.74) is 21.8. The van der Waals surface area contributed by atoms with Crippen molar-refractivity contribution in [1.29, 1.82) is 10.7 Å². The van der Waals surface area contributed by atoms with Crippen LogP contribution in [0.1, 0.15) is 231 Å². The van der Waals surface area contributed by atoms with Gasteiger partial charge in [-0.1, -0.05) is 57.5 Å². The number of nitrogen functional groups attached to an aromatic ring is 1. The maximum absolute atomic E-state index is 13.7. The predicted octanol–water partition coefficient (Wildman–Crippen LogP) is 17.5. The molecule has 22 rings (SSSR count). The van der Waals surface area contributed by atoms with Gasteiger partial charge in [-0.05, 0) is 272 Å². The Morgan fingerprint density at radius 2 is 0.965 bits per heavy atom. The molecule has 746 valence electrons. The Bertz CT molecular complexity index is 7170. The van der Waals surface area contributed by atoms with Crippen molar-refractivity contribution in [3.8, 4) is 17.2 Å². The van der Waals surface area contributed by atoms with E-state index in [0.717, 1.165) is 127 Å². The van der Waals surface area contributed by atoms with E-state index in [2.05, 4.69) is 152 Å². The molecule has 12 aromatic rings. The number of anilines is 9.